The van der Waals surface area contributed by atoms with Crippen molar-refractivity contribution in [3.8, 4) is 0 Å². The van der Waals surface area contributed by atoms with Crippen LogP contribution in [0.25, 0.3) is 0 Å². The molecule has 2 aliphatic heterocycles. The molecule has 1 aliphatic carbocycles. The van der Waals surface area contributed by atoms with Crippen LogP contribution in [0.4, 0.5) is 0 Å². The fourth-order valence-corrected chi connectivity index (χ4v) is 6.53. The van der Waals surface area contributed by atoms with E-state index in [1.807, 2.05) is 35.2 Å². The highest BCUT2D eigenvalue weighted by Crippen LogP contribution is 2.52. The van der Waals surface area contributed by atoms with Crippen molar-refractivity contribution in [2.75, 3.05) is 6.54 Å². The maximum Gasteiger partial charge on any atom is 0.262 e. The fraction of sp³-hybridized carbons (Fsp3) is 0.444. The zero-order valence-electron chi connectivity index (χ0n) is 19.0. The number of rotatable bonds is 4. The number of carbonyl (C=O) groups excluding carboxylic acids is 3. The van der Waals surface area contributed by atoms with Gasteiger partial charge in [-0.25, -0.2) is 0 Å². The minimum absolute atomic E-state index is 0.0847. The lowest BCUT2D eigenvalue weighted by molar-refractivity contribution is -0.136. The first kappa shape index (κ1) is 20.9. The molecule has 0 unspecified atom stereocenters. The third-order valence-electron chi connectivity index (χ3n) is 7.39. The van der Waals surface area contributed by atoms with Gasteiger partial charge in [0.15, 0.2) is 0 Å². The van der Waals surface area contributed by atoms with Crippen LogP contribution in [-0.4, -0.2) is 46.1 Å². The average molecular weight is 431 g/mol. The SMILES string of the molecule is CC1(C)C[C@H]2C[C@@](C)(CN2C(=O)[C@@H](Cc2ccccc2)N2C(=O)c3ccccc3C2=O)C1. The number of hydrogen-bond acceptors (Lipinski definition) is 3. The van der Waals surface area contributed by atoms with Gasteiger partial charge in [0.2, 0.25) is 5.91 Å². The molecule has 0 radical (unpaired) electrons. The van der Waals surface area contributed by atoms with Gasteiger partial charge in [0.1, 0.15) is 6.04 Å². The quantitative estimate of drug-likeness (QED) is 0.679. The first-order valence-corrected chi connectivity index (χ1v) is 11.5. The highest BCUT2D eigenvalue weighted by molar-refractivity contribution is 6.22. The van der Waals surface area contributed by atoms with Gasteiger partial charge in [-0.2, -0.15) is 0 Å². The fourth-order valence-electron chi connectivity index (χ4n) is 6.53. The Morgan fingerprint density at radius 1 is 0.938 bits per heavy atom. The molecule has 0 aromatic heterocycles. The normalized spacial score (nSPS) is 26.9. The molecule has 2 bridgehead atoms. The summed E-state index contributed by atoms with van der Waals surface area (Å²) in [7, 11) is 0. The third kappa shape index (κ3) is 3.44. The van der Waals surface area contributed by atoms with Crippen molar-refractivity contribution in [1.82, 2.24) is 9.80 Å². The van der Waals surface area contributed by atoms with Crippen molar-refractivity contribution in [3.05, 3.63) is 71.3 Å². The van der Waals surface area contributed by atoms with E-state index in [0.29, 0.717) is 24.1 Å². The van der Waals surface area contributed by atoms with Crippen LogP contribution in [0.15, 0.2) is 54.6 Å². The van der Waals surface area contributed by atoms with Crippen LogP contribution < -0.4 is 0 Å². The lowest BCUT2D eigenvalue weighted by Crippen LogP contribution is -2.53. The molecule has 1 saturated heterocycles. The predicted octanol–water partition coefficient (Wildman–Crippen LogP) is 4.32. The minimum Gasteiger partial charge on any atom is -0.337 e. The van der Waals surface area contributed by atoms with Crippen LogP contribution in [-0.2, 0) is 11.2 Å². The summed E-state index contributed by atoms with van der Waals surface area (Å²) in [5, 5.41) is 0. The lowest BCUT2D eigenvalue weighted by atomic mass is 9.65. The smallest absolute Gasteiger partial charge is 0.262 e. The lowest BCUT2D eigenvalue weighted by Gasteiger charge is -2.39. The molecule has 3 amide bonds. The van der Waals surface area contributed by atoms with Gasteiger partial charge in [0, 0.05) is 19.0 Å². The zero-order chi connectivity index (χ0) is 22.7. The number of nitrogens with zero attached hydrogens (tertiary/aromatic N) is 2. The Kier molecular flexibility index (Phi) is 4.77. The maximum absolute atomic E-state index is 14.1. The summed E-state index contributed by atoms with van der Waals surface area (Å²) in [4.78, 5) is 43.8. The predicted molar refractivity (Wildman–Crippen MR) is 122 cm³/mol. The van der Waals surface area contributed by atoms with E-state index < -0.39 is 6.04 Å². The molecule has 3 atom stereocenters. The number of carbonyl (C=O) groups is 3. The molecule has 3 aliphatic rings. The van der Waals surface area contributed by atoms with E-state index in [4.69, 9.17) is 0 Å². The Morgan fingerprint density at radius 3 is 2.16 bits per heavy atom. The van der Waals surface area contributed by atoms with Gasteiger partial charge < -0.3 is 4.90 Å². The summed E-state index contributed by atoms with van der Waals surface area (Å²) in [6.07, 6.45) is 3.35. The largest absolute Gasteiger partial charge is 0.337 e. The van der Waals surface area contributed by atoms with Crippen molar-refractivity contribution in [2.24, 2.45) is 10.8 Å². The second-order valence-corrected chi connectivity index (χ2v) is 10.9. The molecule has 2 fully saturated rings. The Labute approximate surface area is 189 Å². The van der Waals surface area contributed by atoms with Crippen LogP contribution in [0, 0.1) is 10.8 Å². The summed E-state index contributed by atoms with van der Waals surface area (Å²) in [6.45, 7) is 7.50. The third-order valence-corrected chi connectivity index (χ3v) is 7.39. The minimum atomic E-state index is -0.837. The number of imide groups is 1. The van der Waals surface area contributed by atoms with Crippen LogP contribution in [0.5, 0.6) is 0 Å². The van der Waals surface area contributed by atoms with Gasteiger partial charge in [0.05, 0.1) is 11.1 Å². The second kappa shape index (κ2) is 7.29. The monoisotopic (exact) mass is 430 g/mol. The zero-order valence-corrected chi connectivity index (χ0v) is 19.0. The second-order valence-electron chi connectivity index (χ2n) is 10.9. The van der Waals surface area contributed by atoms with Gasteiger partial charge >= 0.3 is 0 Å². The molecule has 5 nitrogen and oxygen atoms in total. The number of likely N-dealkylation sites (tertiary alicyclic amines) is 1. The van der Waals surface area contributed by atoms with E-state index >= 15 is 0 Å². The van der Waals surface area contributed by atoms with Gasteiger partial charge in [0.25, 0.3) is 11.8 Å². The van der Waals surface area contributed by atoms with Gasteiger partial charge in [-0.3, -0.25) is 19.3 Å². The first-order chi connectivity index (χ1) is 15.2. The van der Waals surface area contributed by atoms with Gasteiger partial charge in [-0.1, -0.05) is 63.2 Å². The molecule has 32 heavy (non-hydrogen) atoms. The van der Waals surface area contributed by atoms with E-state index in [1.165, 1.54) is 4.90 Å². The maximum atomic E-state index is 14.1. The van der Waals surface area contributed by atoms with Crippen LogP contribution in [0.1, 0.15) is 66.3 Å². The molecular weight excluding hydrogens is 400 g/mol. The van der Waals surface area contributed by atoms with Crippen molar-refractivity contribution >= 4 is 17.7 Å². The van der Waals surface area contributed by atoms with E-state index in [0.717, 1.165) is 24.8 Å². The molecule has 2 aromatic carbocycles. The van der Waals surface area contributed by atoms with Gasteiger partial charge in [-0.15, -0.1) is 0 Å². The Hall–Kier alpha value is -2.95. The summed E-state index contributed by atoms with van der Waals surface area (Å²) < 4.78 is 0. The van der Waals surface area contributed by atoms with E-state index in [1.54, 1.807) is 24.3 Å². The standard InChI is InChI=1S/C27H30N2O3/c1-26(2)14-19-15-27(3,16-26)17-28(19)25(32)22(13-18-9-5-4-6-10-18)29-23(30)20-11-7-8-12-21(20)24(29)31/h4-12,19,22H,13-17H2,1-3H3/t19-,22+,27+/m0/s1. The first-order valence-electron chi connectivity index (χ1n) is 11.5. The highest BCUT2D eigenvalue weighted by atomic mass is 16.2. The number of amides is 3. The van der Waals surface area contributed by atoms with Crippen molar-refractivity contribution in [1.29, 1.82) is 0 Å². The summed E-state index contributed by atoms with van der Waals surface area (Å²) in [5.74, 6) is -0.836. The number of fused-ring (bicyclic) bond motifs is 3. The molecule has 5 heteroatoms. The molecule has 1 saturated carbocycles. The number of hydrogen-bond donors (Lipinski definition) is 0. The topological polar surface area (TPSA) is 57.7 Å². The Bertz CT molecular complexity index is 1060. The summed E-state index contributed by atoms with van der Waals surface area (Å²) in [5.41, 5.74) is 1.97. The van der Waals surface area contributed by atoms with Crippen LogP contribution in [0.2, 0.25) is 0 Å². The summed E-state index contributed by atoms with van der Waals surface area (Å²) >= 11 is 0. The van der Waals surface area contributed by atoms with Crippen LogP contribution in [0.3, 0.4) is 0 Å². The molecule has 2 heterocycles. The Morgan fingerprint density at radius 2 is 1.53 bits per heavy atom. The molecular formula is C27H30N2O3. The van der Waals surface area contributed by atoms with E-state index in [2.05, 4.69) is 20.8 Å². The molecule has 5 rings (SSSR count). The molecule has 0 spiro atoms. The molecule has 2 aromatic rings. The van der Waals surface area contributed by atoms with Crippen molar-refractivity contribution in [2.45, 2.75) is 58.5 Å². The van der Waals surface area contributed by atoms with Gasteiger partial charge in [-0.05, 0) is 47.8 Å². The van der Waals surface area contributed by atoms with Crippen molar-refractivity contribution < 1.29 is 14.4 Å². The summed E-state index contributed by atoms with van der Waals surface area (Å²) in [6, 6.07) is 15.9. The molecule has 166 valence electrons. The van der Waals surface area contributed by atoms with E-state index in [9.17, 15) is 14.4 Å². The Balaban J connectivity index is 1.51. The highest BCUT2D eigenvalue weighted by Gasteiger charge is 2.53. The average Bonchev–Trinajstić information content (AvgIpc) is 3.15. The van der Waals surface area contributed by atoms with Crippen molar-refractivity contribution in [3.63, 3.8) is 0 Å². The number of benzene rings is 2. The molecule has 0 N–H and O–H groups in total. The van der Waals surface area contributed by atoms with E-state index in [-0.39, 0.29) is 34.6 Å². The van der Waals surface area contributed by atoms with Crippen LogP contribution >= 0.6 is 0 Å².